The van der Waals surface area contributed by atoms with Gasteiger partial charge >= 0.3 is 12.1 Å². The van der Waals surface area contributed by atoms with Crippen LogP contribution in [-0.2, 0) is 21.2 Å². The van der Waals surface area contributed by atoms with E-state index >= 15 is 0 Å². The van der Waals surface area contributed by atoms with Crippen LogP contribution in [0.1, 0.15) is 28.8 Å². The first-order chi connectivity index (χ1) is 18.6. The summed E-state index contributed by atoms with van der Waals surface area (Å²) in [7, 11) is -3.70. The van der Waals surface area contributed by atoms with E-state index in [1.165, 1.54) is 6.07 Å². The minimum Gasteiger partial charge on any atom is -0.490 e. The van der Waals surface area contributed by atoms with Gasteiger partial charge in [-0.3, -0.25) is 4.79 Å². The lowest BCUT2D eigenvalue weighted by Gasteiger charge is -2.39. The number of para-hydroxylation sites is 1. The van der Waals surface area contributed by atoms with E-state index in [0.717, 1.165) is 49.9 Å². The van der Waals surface area contributed by atoms with Crippen LogP contribution >= 0.6 is 11.6 Å². The van der Waals surface area contributed by atoms with Gasteiger partial charge < -0.3 is 24.6 Å². The number of β-amino-alcohol motifs (C(OH)–C–C–N with tert-alkyl or cyclic N) is 1. The first kappa shape index (κ1) is 31.5. The number of hydrogen-bond acceptors (Lipinski definition) is 8. The Morgan fingerprint density at radius 3 is 2.42 bits per heavy atom. The predicted octanol–water partition coefficient (Wildman–Crippen LogP) is 2.87. The zero-order chi connectivity index (χ0) is 29.7. The molecule has 1 spiro atoms. The molecule has 0 bridgehead atoms. The Labute approximate surface area is 233 Å². The Bertz CT molecular complexity index is 1330. The molecule has 1 atom stereocenters. The van der Waals surface area contributed by atoms with Gasteiger partial charge in [0.2, 0.25) is 10.0 Å². The zero-order valence-corrected chi connectivity index (χ0v) is 22.9. The first-order valence-corrected chi connectivity index (χ1v) is 14.3. The summed E-state index contributed by atoms with van der Waals surface area (Å²) in [5.74, 6) is -2.42. The topological polar surface area (TPSA) is 142 Å². The number of carboxylic acid groups (broad SMARTS) is 1. The number of piperidine rings is 1. The van der Waals surface area contributed by atoms with Crippen molar-refractivity contribution in [1.82, 2.24) is 9.62 Å². The lowest BCUT2D eigenvalue weighted by atomic mass is 9.87. The van der Waals surface area contributed by atoms with Crippen LogP contribution in [0.15, 0.2) is 42.5 Å². The maximum absolute atomic E-state index is 12.2. The van der Waals surface area contributed by atoms with Gasteiger partial charge in [0.15, 0.2) is 0 Å². The van der Waals surface area contributed by atoms with E-state index < -0.39 is 34.2 Å². The average molecular weight is 609 g/mol. The van der Waals surface area contributed by atoms with Crippen molar-refractivity contribution in [2.24, 2.45) is 0 Å². The largest absolute Gasteiger partial charge is 0.490 e. The Hall–Kier alpha value is -3.07. The van der Waals surface area contributed by atoms with E-state index in [2.05, 4.69) is 4.90 Å². The van der Waals surface area contributed by atoms with Gasteiger partial charge in [-0.15, -0.1) is 0 Å². The highest BCUT2D eigenvalue weighted by Gasteiger charge is 2.42. The molecule has 2 heterocycles. The molecule has 3 N–H and O–H groups in total. The number of carboxylic acids is 1. The monoisotopic (exact) mass is 608 g/mol. The van der Waals surface area contributed by atoms with E-state index in [9.17, 15) is 31.5 Å². The molecule has 40 heavy (non-hydrogen) atoms. The van der Waals surface area contributed by atoms with Gasteiger partial charge in [0.25, 0.3) is 5.91 Å². The quantitative estimate of drug-likeness (QED) is 0.432. The summed E-state index contributed by atoms with van der Waals surface area (Å²) in [6.07, 6.45) is -2.41. The molecule has 2 aromatic rings. The lowest BCUT2D eigenvalue weighted by molar-refractivity contribution is -0.192. The predicted molar refractivity (Wildman–Crippen MR) is 138 cm³/mol. The maximum atomic E-state index is 12.2. The number of amides is 1. The van der Waals surface area contributed by atoms with Crippen LogP contribution < -0.4 is 14.2 Å². The summed E-state index contributed by atoms with van der Waals surface area (Å²) in [5.41, 5.74) is 1.02. The van der Waals surface area contributed by atoms with Gasteiger partial charge in [0.05, 0.1) is 11.8 Å². The van der Waals surface area contributed by atoms with Gasteiger partial charge in [-0.1, -0.05) is 23.7 Å². The normalized spacial score (nSPS) is 17.1. The van der Waals surface area contributed by atoms with Crippen LogP contribution in [0.4, 0.5) is 13.2 Å². The molecule has 1 fully saturated rings. The van der Waals surface area contributed by atoms with Crippen LogP contribution in [0, 0.1) is 0 Å². The summed E-state index contributed by atoms with van der Waals surface area (Å²) in [4.78, 5) is 23.3. The molecule has 0 unspecified atom stereocenters. The number of carbonyl (C=O) groups is 2. The molecule has 220 valence electrons. The van der Waals surface area contributed by atoms with Gasteiger partial charge in [0, 0.05) is 43.9 Å². The molecule has 4 rings (SSSR count). The van der Waals surface area contributed by atoms with Crippen LogP contribution in [0.2, 0.25) is 5.02 Å². The number of nitrogens with one attached hydrogen (secondary N) is 1. The van der Waals surface area contributed by atoms with Gasteiger partial charge in [-0.25, -0.2) is 17.9 Å². The van der Waals surface area contributed by atoms with Gasteiger partial charge in [-0.05, 0) is 35.9 Å². The van der Waals surface area contributed by atoms with Crippen molar-refractivity contribution in [2.45, 2.75) is 37.1 Å². The molecule has 2 aliphatic rings. The third-order valence-corrected chi connectivity index (χ3v) is 6.97. The fourth-order valence-corrected chi connectivity index (χ4v) is 5.01. The van der Waals surface area contributed by atoms with Crippen molar-refractivity contribution in [3.8, 4) is 11.5 Å². The number of likely N-dealkylation sites (tertiary alicyclic amines) is 1. The number of rotatable bonds is 7. The van der Waals surface area contributed by atoms with Gasteiger partial charge in [-0.2, -0.15) is 13.2 Å². The van der Waals surface area contributed by atoms with Crippen molar-refractivity contribution < 1.29 is 50.9 Å². The summed E-state index contributed by atoms with van der Waals surface area (Å²) in [6.45, 7) is 1.97. The van der Waals surface area contributed by atoms with E-state index in [0.29, 0.717) is 11.6 Å². The second-order valence-corrected chi connectivity index (χ2v) is 11.7. The van der Waals surface area contributed by atoms with Crippen molar-refractivity contribution in [3.63, 3.8) is 0 Å². The number of alkyl halides is 3. The molecule has 0 aliphatic carbocycles. The molecule has 2 aliphatic heterocycles. The molecule has 0 radical (unpaired) electrons. The van der Waals surface area contributed by atoms with Gasteiger partial charge in [0.1, 0.15) is 29.8 Å². The summed E-state index contributed by atoms with van der Waals surface area (Å²) >= 11 is 6.11. The van der Waals surface area contributed by atoms with Crippen molar-refractivity contribution in [2.75, 3.05) is 32.5 Å². The smallest absolute Gasteiger partial charge is 0.490 e. The van der Waals surface area contributed by atoms with E-state index in [1.807, 2.05) is 22.9 Å². The number of hydrogen-bond donors (Lipinski definition) is 3. The first-order valence-electron chi connectivity index (χ1n) is 12.0. The maximum Gasteiger partial charge on any atom is 0.490 e. The number of aliphatic hydroxyl groups is 1. The molecule has 1 saturated heterocycles. The second-order valence-electron chi connectivity index (χ2n) is 9.48. The molecular formula is C25H28ClF3N2O8S. The standard InChI is InChI=1S/C23H27ClN2O6S.C2HF3O2/c1-33(29,30)25-22(28)19-4-2-3-5-21(19)31-15-18(27)14-26-10-8-23(9-11-26)13-16-12-17(24)6-7-20(16)32-23;3-2(4,5)1(6)7/h2-7,12,18,27H,8-11,13-15H2,1H3,(H,25,28);(H,6,7)/t18-;/m0./s1. The molecule has 1 amide bonds. The molecule has 0 saturated carbocycles. The van der Waals surface area contributed by atoms with Crippen molar-refractivity contribution >= 4 is 33.5 Å². The molecule has 15 heteroatoms. The summed E-state index contributed by atoms with van der Waals surface area (Å²) in [6, 6.07) is 12.1. The highest BCUT2D eigenvalue weighted by Crippen LogP contribution is 2.41. The molecule has 2 aromatic carbocycles. The number of aliphatic hydroxyl groups excluding tert-OH is 1. The SMILES string of the molecule is CS(=O)(=O)NC(=O)c1ccccc1OC[C@@H](O)CN1CCC2(CC1)Cc1cc(Cl)ccc1O2.O=C(O)C(F)(F)F. The number of benzene rings is 2. The second kappa shape index (κ2) is 12.6. The van der Waals surface area contributed by atoms with Crippen LogP contribution in [0.25, 0.3) is 0 Å². The number of ether oxygens (including phenoxy) is 2. The minimum atomic E-state index is -5.08. The Morgan fingerprint density at radius 1 is 1.20 bits per heavy atom. The molecule has 0 aromatic heterocycles. The Balaban J connectivity index is 0.000000559. The summed E-state index contributed by atoms with van der Waals surface area (Å²) < 4.78 is 68.3. The van der Waals surface area contributed by atoms with Crippen molar-refractivity contribution in [3.05, 3.63) is 58.6 Å². The average Bonchev–Trinajstić information content (AvgIpc) is 3.20. The van der Waals surface area contributed by atoms with Crippen LogP contribution in [-0.4, -0.2) is 85.8 Å². The highest BCUT2D eigenvalue weighted by molar-refractivity contribution is 7.89. The Kier molecular flexibility index (Phi) is 9.93. The van der Waals surface area contributed by atoms with E-state index in [-0.39, 0.29) is 23.5 Å². The van der Waals surface area contributed by atoms with Crippen LogP contribution in [0.5, 0.6) is 11.5 Å². The number of nitrogens with zero attached hydrogens (tertiary/aromatic N) is 1. The minimum absolute atomic E-state index is 0.0226. The number of halogens is 4. The number of fused-ring (bicyclic) bond motifs is 1. The highest BCUT2D eigenvalue weighted by atomic mass is 35.5. The lowest BCUT2D eigenvalue weighted by Crippen LogP contribution is -2.49. The number of aliphatic carboxylic acids is 1. The fourth-order valence-electron chi connectivity index (χ4n) is 4.36. The third-order valence-electron chi connectivity index (χ3n) is 6.18. The third kappa shape index (κ3) is 8.98. The number of sulfonamides is 1. The van der Waals surface area contributed by atoms with Crippen molar-refractivity contribution in [1.29, 1.82) is 0 Å². The van der Waals surface area contributed by atoms with Crippen LogP contribution in [0.3, 0.4) is 0 Å². The Morgan fingerprint density at radius 2 is 1.82 bits per heavy atom. The van der Waals surface area contributed by atoms with E-state index in [1.54, 1.807) is 18.2 Å². The number of carbonyl (C=O) groups excluding carboxylic acids is 1. The zero-order valence-electron chi connectivity index (χ0n) is 21.3. The van der Waals surface area contributed by atoms with E-state index in [4.69, 9.17) is 31.0 Å². The molecular weight excluding hydrogens is 581 g/mol. The summed E-state index contributed by atoms with van der Waals surface area (Å²) in [5, 5.41) is 18.3. The fraction of sp³-hybridized carbons (Fsp3) is 0.440. The molecule has 10 nitrogen and oxygen atoms in total.